The van der Waals surface area contributed by atoms with Crippen molar-refractivity contribution in [2.75, 3.05) is 5.73 Å². The smallest absolute Gasteiger partial charge is 0.331 e. The second-order valence-corrected chi connectivity index (χ2v) is 3.59. The summed E-state index contributed by atoms with van der Waals surface area (Å²) in [5.74, 6) is 0.118. The molecule has 0 spiro atoms. The van der Waals surface area contributed by atoms with Gasteiger partial charge in [0.15, 0.2) is 0 Å². The van der Waals surface area contributed by atoms with Gasteiger partial charge in [0.2, 0.25) is 0 Å². The molecule has 92 valence electrons. The van der Waals surface area contributed by atoms with E-state index in [9.17, 15) is 10.1 Å². The average molecular weight is 245 g/mol. The predicted octanol–water partition coefficient (Wildman–Crippen LogP) is 2.15. The third-order valence-corrected chi connectivity index (χ3v) is 2.28. The normalized spacial score (nSPS) is 10.0. The Morgan fingerprint density at radius 3 is 2.61 bits per heavy atom. The Morgan fingerprint density at radius 1 is 1.22 bits per heavy atom. The fraction of sp³-hybridized carbons (Fsp3) is 0.0833. The van der Waals surface area contributed by atoms with Crippen LogP contribution in [0.3, 0.4) is 0 Å². The summed E-state index contributed by atoms with van der Waals surface area (Å²) in [6.07, 6.45) is 0. The molecule has 0 bridgehead atoms. The minimum absolute atomic E-state index is 0.0659. The van der Waals surface area contributed by atoms with Gasteiger partial charge in [0.25, 0.3) is 5.88 Å². The maximum Gasteiger partial charge on any atom is 0.331 e. The number of nitrogens with two attached hydrogens (primary N) is 1. The first-order chi connectivity index (χ1) is 8.66. The Hall–Kier alpha value is -2.63. The molecule has 1 aromatic carbocycles. The van der Waals surface area contributed by atoms with Crippen LogP contribution in [0.5, 0.6) is 5.88 Å². The van der Waals surface area contributed by atoms with Crippen LogP contribution < -0.4 is 10.5 Å². The number of ether oxygens (including phenoxy) is 1. The first-order valence-corrected chi connectivity index (χ1v) is 5.24. The lowest BCUT2D eigenvalue weighted by Gasteiger charge is -2.06. The molecule has 0 saturated carbocycles. The molecule has 1 aromatic heterocycles. The Labute approximate surface area is 103 Å². The van der Waals surface area contributed by atoms with Crippen molar-refractivity contribution in [3.63, 3.8) is 0 Å². The molecule has 0 aliphatic carbocycles. The topological polar surface area (TPSA) is 91.3 Å². The number of nitro groups is 1. The van der Waals surface area contributed by atoms with Crippen LogP contribution in [-0.4, -0.2) is 9.91 Å². The van der Waals surface area contributed by atoms with Crippen LogP contribution in [0.1, 0.15) is 5.56 Å². The van der Waals surface area contributed by atoms with Gasteiger partial charge in [-0.3, -0.25) is 10.1 Å². The number of hydrogen-bond donors (Lipinski definition) is 1. The van der Waals surface area contributed by atoms with E-state index in [4.69, 9.17) is 10.5 Å². The van der Waals surface area contributed by atoms with Gasteiger partial charge in [0.05, 0.1) is 4.92 Å². The second-order valence-electron chi connectivity index (χ2n) is 3.59. The number of aromatic nitrogens is 1. The van der Waals surface area contributed by atoms with Gasteiger partial charge in [-0.2, -0.15) is 4.98 Å². The highest BCUT2D eigenvalue weighted by molar-refractivity contribution is 5.47. The van der Waals surface area contributed by atoms with Crippen LogP contribution >= 0.6 is 0 Å². The first-order valence-electron chi connectivity index (χ1n) is 5.24. The number of benzene rings is 1. The lowest BCUT2D eigenvalue weighted by atomic mass is 10.2. The number of anilines is 1. The van der Waals surface area contributed by atoms with Crippen LogP contribution in [0.25, 0.3) is 0 Å². The van der Waals surface area contributed by atoms with Crippen molar-refractivity contribution in [3.05, 3.63) is 58.1 Å². The summed E-state index contributed by atoms with van der Waals surface area (Å²) in [6, 6.07) is 12.0. The van der Waals surface area contributed by atoms with Gasteiger partial charge in [-0.1, -0.05) is 30.3 Å². The van der Waals surface area contributed by atoms with Crippen LogP contribution in [0.2, 0.25) is 0 Å². The molecule has 0 saturated heterocycles. The zero-order chi connectivity index (χ0) is 13.0. The molecule has 6 heteroatoms. The third kappa shape index (κ3) is 2.73. The summed E-state index contributed by atoms with van der Waals surface area (Å²) in [7, 11) is 0. The lowest BCUT2D eigenvalue weighted by Crippen LogP contribution is -2.02. The fourth-order valence-corrected chi connectivity index (χ4v) is 1.42. The summed E-state index contributed by atoms with van der Waals surface area (Å²) in [5.41, 5.74) is 6.19. The molecule has 0 unspecified atom stereocenters. The molecule has 2 N–H and O–H groups in total. The predicted molar refractivity (Wildman–Crippen MR) is 66.1 cm³/mol. The van der Waals surface area contributed by atoms with Crippen molar-refractivity contribution in [1.29, 1.82) is 0 Å². The standard InChI is InChI=1S/C12H11N3O3/c13-11-7-6-10(15(16)17)12(14-11)18-8-9-4-2-1-3-5-9/h1-7H,8H2,(H2,13,14). The molecule has 2 rings (SSSR count). The number of nitrogens with zero attached hydrogens (tertiary/aromatic N) is 2. The molecule has 0 atom stereocenters. The molecule has 1 heterocycles. The minimum atomic E-state index is -0.549. The maximum atomic E-state index is 10.8. The van der Waals surface area contributed by atoms with Gasteiger partial charge in [-0.15, -0.1) is 0 Å². The van der Waals surface area contributed by atoms with Gasteiger partial charge in [-0.25, -0.2) is 0 Å². The van der Waals surface area contributed by atoms with Gasteiger partial charge >= 0.3 is 5.69 Å². The van der Waals surface area contributed by atoms with E-state index < -0.39 is 4.92 Å². The van der Waals surface area contributed by atoms with E-state index in [0.29, 0.717) is 0 Å². The Kier molecular flexibility index (Phi) is 3.38. The number of pyridine rings is 1. The lowest BCUT2D eigenvalue weighted by molar-refractivity contribution is -0.386. The maximum absolute atomic E-state index is 10.8. The fourth-order valence-electron chi connectivity index (χ4n) is 1.42. The first kappa shape index (κ1) is 11.8. The van der Waals surface area contributed by atoms with Gasteiger partial charge in [-0.05, 0) is 11.6 Å². The van der Waals surface area contributed by atoms with Gasteiger partial charge < -0.3 is 10.5 Å². The molecule has 0 radical (unpaired) electrons. The van der Waals surface area contributed by atoms with E-state index in [1.54, 1.807) is 0 Å². The number of nitrogen functional groups attached to an aromatic ring is 1. The van der Waals surface area contributed by atoms with Crippen molar-refractivity contribution in [1.82, 2.24) is 4.98 Å². The summed E-state index contributed by atoms with van der Waals surface area (Å²) >= 11 is 0. The largest absolute Gasteiger partial charge is 0.468 e. The van der Waals surface area contributed by atoms with Gasteiger partial charge in [0.1, 0.15) is 12.4 Å². The SMILES string of the molecule is Nc1ccc([N+](=O)[O-])c(OCc2ccccc2)n1. The molecule has 18 heavy (non-hydrogen) atoms. The molecule has 0 aliphatic rings. The molecular formula is C12H11N3O3. The van der Waals surface area contributed by atoms with Crippen molar-refractivity contribution >= 4 is 11.5 Å². The highest BCUT2D eigenvalue weighted by atomic mass is 16.6. The minimum Gasteiger partial charge on any atom is -0.468 e. The summed E-state index contributed by atoms with van der Waals surface area (Å²) in [5, 5.41) is 10.8. The molecule has 0 amide bonds. The molecule has 0 aliphatic heterocycles. The Bertz CT molecular complexity index is 558. The van der Waals surface area contributed by atoms with Crippen molar-refractivity contribution in [2.45, 2.75) is 6.61 Å². The van der Waals surface area contributed by atoms with Crippen LogP contribution in [0, 0.1) is 10.1 Å². The molecule has 2 aromatic rings. The third-order valence-electron chi connectivity index (χ3n) is 2.28. The molecule has 0 fully saturated rings. The van der Waals surface area contributed by atoms with E-state index in [2.05, 4.69) is 4.98 Å². The zero-order valence-corrected chi connectivity index (χ0v) is 9.45. The second kappa shape index (κ2) is 5.13. The van der Waals surface area contributed by atoms with E-state index in [-0.39, 0.29) is 24.0 Å². The molecular weight excluding hydrogens is 234 g/mol. The summed E-state index contributed by atoms with van der Waals surface area (Å²) in [6.45, 7) is 0.206. The zero-order valence-electron chi connectivity index (χ0n) is 9.45. The number of hydrogen-bond acceptors (Lipinski definition) is 5. The monoisotopic (exact) mass is 245 g/mol. The van der Waals surface area contributed by atoms with Crippen LogP contribution in [0.15, 0.2) is 42.5 Å². The van der Waals surface area contributed by atoms with Gasteiger partial charge in [0, 0.05) is 6.07 Å². The Balaban J connectivity index is 2.18. The van der Waals surface area contributed by atoms with Crippen molar-refractivity contribution in [2.24, 2.45) is 0 Å². The highest BCUT2D eigenvalue weighted by Crippen LogP contribution is 2.25. The van der Waals surface area contributed by atoms with Crippen molar-refractivity contribution in [3.8, 4) is 5.88 Å². The average Bonchev–Trinajstić information content (AvgIpc) is 2.37. The molecule has 6 nitrogen and oxygen atoms in total. The Morgan fingerprint density at radius 2 is 1.94 bits per heavy atom. The highest BCUT2D eigenvalue weighted by Gasteiger charge is 2.16. The van der Waals surface area contributed by atoms with E-state index in [0.717, 1.165) is 5.56 Å². The summed E-state index contributed by atoms with van der Waals surface area (Å²) in [4.78, 5) is 14.1. The van der Waals surface area contributed by atoms with E-state index >= 15 is 0 Å². The van der Waals surface area contributed by atoms with Crippen molar-refractivity contribution < 1.29 is 9.66 Å². The number of rotatable bonds is 4. The van der Waals surface area contributed by atoms with E-state index in [1.807, 2.05) is 30.3 Å². The quantitative estimate of drug-likeness (QED) is 0.658. The van der Waals surface area contributed by atoms with Crippen LogP contribution in [-0.2, 0) is 6.61 Å². The summed E-state index contributed by atoms with van der Waals surface area (Å²) < 4.78 is 5.33. The van der Waals surface area contributed by atoms with Crippen LogP contribution in [0.4, 0.5) is 11.5 Å². The van der Waals surface area contributed by atoms with E-state index in [1.165, 1.54) is 12.1 Å².